The summed E-state index contributed by atoms with van der Waals surface area (Å²) in [4.78, 5) is 4.65. The number of fused-ring (bicyclic) bond motifs is 1. The van der Waals surface area contributed by atoms with E-state index in [1.807, 2.05) is 30.3 Å². The molecule has 1 aliphatic rings. The monoisotopic (exact) mass is 265 g/mol. The van der Waals surface area contributed by atoms with Crippen LogP contribution in [0.1, 0.15) is 38.7 Å². The highest BCUT2D eigenvalue weighted by Gasteiger charge is 2.34. The molecule has 3 nitrogen and oxygen atoms in total. The predicted molar refractivity (Wildman–Crippen MR) is 81.5 cm³/mol. The molecule has 102 valence electrons. The third-order valence-electron chi connectivity index (χ3n) is 4.42. The van der Waals surface area contributed by atoms with Gasteiger partial charge in [-0.1, -0.05) is 38.5 Å². The van der Waals surface area contributed by atoms with Crippen LogP contribution in [-0.2, 0) is 0 Å². The Morgan fingerprint density at radius 3 is 2.85 bits per heavy atom. The molecule has 1 unspecified atom stereocenters. The lowest BCUT2D eigenvalue weighted by molar-refractivity contribution is 0.349. The standard InChI is InChI=1S/C17H19N3/c1-17(2)9-5-8-15(17)20-16-10-12(11-18)13-6-3-4-7-14(13)19-16/h3-4,6-7,10,15H,5,8-9H2,1-2H3,(H,19,20). The lowest BCUT2D eigenvalue weighted by Crippen LogP contribution is -2.31. The minimum absolute atomic E-state index is 0.292. The molecule has 1 N–H and O–H groups in total. The third kappa shape index (κ3) is 2.22. The number of hydrogen-bond acceptors (Lipinski definition) is 3. The lowest BCUT2D eigenvalue weighted by Gasteiger charge is -2.28. The van der Waals surface area contributed by atoms with E-state index < -0.39 is 0 Å². The number of hydrogen-bond donors (Lipinski definition) is 1. The van der Waals surface area contributed by atoms with Crippen LogP contribution in [0.2, 0.25) is 0 Å². The van der Waals surface area contributed by atoms with Gasteiger partial charge in [0.05, 0.1) is 17.1 Å². The molecule has 2 aromatic rings. The van der Waals surface area contributed by atoms with Crippen LogP contribution in [0.15, 0.2) is 30.3 Å². The Morgan fingerprint density at radius 2 is 2.15 bits per heavy atom. The molecule has 1 heterocycles. The summed E-state index contributed by atoms with van der Waals surface area (Å²) in [6, 6.07) is 12.4. The van der Waals surface area contributed by atoms with Crippen LogP contribution in [0.3, 0.4) is 0 Å². The Bertz CT molecular complexity index is 682. The number of pyridine rings is 1. The second-order valence-corrected chi connectivity index (χ2v) is 6.26. The van der Waals surface area contributed by atoms with Crippen molar-refractivity contribution in [2.75, 3.05) is 5.32 Å². The molecule has 3 rings (SSSR count). The first-order chi connectivity index (χ1) is 9.60. The van der Waals surface area contributed by atoms with Crippen LogP contribution < -0.4 is 5.32 Å². The Labute approximate surface area is 119 Å². The maximum absolute atomic E-state index is 9.32. The van der Waals surface area contributed by atoms with Crippen molar-refractivity contribution in [2.45, 2.75) is 39.2 Å². The van der Waals surface area contributed by atoms with Crippen molar-refractivity contribution in [3.8, 4) is 6.07 Å². The maximum atomic E-state index is 9.32. The van der Waals surface area contributed by atoms with Gasteiger partial charge in [0.2, 0.25) is 0 Å². The molecule has 0 amide bonds. The van der Waals surface area contributed by atoms with Gasteiger partial charge in [-0.2, -0.15) is 5.26 Å². The summed E-state index contributed by atoms with van der Waals surface area (Å²) >= 11 is 0. The summed E-state index contributed by atoms with van der Waals surface area (Å²) in [5, 5.41) is 13.8. The van der Waals surface area contributed by atoms with Gasteiger partial charge in [-0.05, 0) is 30.4 Å². The van der Waals surface area contributed by atoms with Crippen molar-refractivity contribution in [1.29, 1.82) is 5.26 Å². The van der Waals surface area contributed by atoms with Gasteiger partial charge in [0.25, 0.3) is 0 Å². The second kappa shape index (κ2) is 4.79. The normalized spacial score (nSPS) is 20.8. The third-order valence-corrected chi connectivity index (χ3v) is 4.42. The molecule has 0 radical (unpaired) electrons. The van der Waals surface area contributed by atoms with Gasteiger partial charge in [-0.15, -0.1) is 0 Å². The van der Waals surface area contributed by atoms with Gasteiger partial charge >= 0.3 is 0 Å². The Balaban J connectivity index is 1.99. The fourth-order valence-electron chi connectivity index (χ4n) is 3.11. The summed E-state index contributed by atoms with van der Waals surface area (Å²) in [6.45, 7) is 4.59. The Kier molecular flexibility index (Phi) is 3.10. The highest BCUT2D eigenvalue weighted by Crippen LogP contribution is 2.39. The van der Waals surface area contributed by atoms with E-state index in [1.165, 1.54) is 19.3 Å². The highest BCUT2D eigenvalue weighted by molar-refractivity contribution is 5.86. The largest absolute Gasteiger partial charge is 0.367 e. The molecule has 20 heavy (non-hydrogen) atoms. The molecule has 3 heteroatoms. The molecule has 1 saturated carbocycles. The maximum Gasteiger partial charge on any atom is 0.128 e. The predicted octanol–water partition coefficient (Wildman–Crippen LogP) is 4.10. The van der Waals surface area contributed by atoms with Crippen LogP contribution in [0.25, 0.3) is 10.9 Å². The molecule has 1 atom stereocenters. The quantitative estimate of drug-likeness (QED) is 0.889. The summed E-state index contributed by atoms with van der Waals surface area (Å²) in [5.74, 6) is 0.820. The molecule has 1 aliphatic carbocycles. The minimum Gasteiger partial charge on any atom is -0.367 e. The van der Waals surface area contributed by atoms with E-state index in [0.717, 1.165) is 16.7 Å². The van der Waals surface area contributed by atoms with Gasteiger partial charge in [-0.3, -0.25) is 0 Å². The average molecular weight is 265 g/mol. The van der Waals surface area contributed by atoms with Crippen LogP contribution in [0.5, 0.6) is 0 Å². The zero-order chi connectivity index (χ0) is 14.2. The summed E-state index contributed by atoms with van der Waals surface area (Å²) < 4.78 is 0. The molecule has 0 aliphatic heterocycles. The summed E-state index contributed by atoms with van der Waals surface area (Å²) in [6.07, 6.45) is 3.66. The van der Waals surface area contributed by atoms with Crippen LogP contribution in [0.4, 0.5) is 5.82 Å². The second-order valence-electron chi connectivity index (χ2n) is 6.26. The fraction of sp³-hybridized carbons (Fsp3) is 0.412. The number of nitrogens with zero attached hydrogens (tertiary/aromatic N) is 2. The van der Waals surface area contributed by atoms with E-state index in [9.17, 15) is 5.26 Å². The Hall–Kier alpha value is -2.08. The van der Waals surface area contributed by atoms with Crippen LogP contribution in [-0.4, -0.2) is 11.0 Å². The van der Waals surface area contributed by atoms with E-state index in [2.05, 4.69) is 30.2 Å². The van der Waals surface area contributed by atoms with Crippen molar-refractivity contribution in [2.24, 2.45) is 5.41 Å². The number of benzene rings is 1. The number of aromatic nitrogens is 1. The van der Waals surface area contributed by atoms with E-state index in [-0.39, 0.29) is 0 Å². The first-order valence-corrected chi connectivity index (χ1v) is 7.16. The zero-order valence-corrected chi connectivity index (χ0v) is 12.0. The van der Waals surface area contributed by atoms with Crippen molar-refractivity contribution in [3.63, 3.8) is 0 Å². The fourth-order valence-corrected chi connectivity index (χ4v) is 3.11. The topological polar surface area (TPSA) is 48.7 Å². The van der Waals surface area contributed by atoms with Crippen molar-refractivity contribution in [1.82, 2.24) is 4.98 Å². The number of para-hydroxylation sites is 1. The average Bonchev–Trinajstić information content (AvgIpc) is 2.77. The summed E-state index contributed by atoms with van der Waals surface area (Å²) in [7, 11) is 0. The molecular formula is C17H19N3. The molecule has 0 bridgehead atoms. The van der Waals surface area contributed by atoms with E-state index in [0.29, 0.717) is 17.0 Å². The number of rotatable bonds is 2. The highest BCUT2D eigenvalue weighted by atomic mass is 15.0. The van der Waals surface area contributed by atoms with Crippen molar-refractivity contribution < 1.29 is 0 Å². The van der Waals surface area contributed by atoms with Crippen molar-refractivity contribution >= 4 is 16.7 Å². The molecule has 1 aromatic heterocycles. The number of nitriles is 1. The molecule has 1 aromatic carbocycles. The van der Waals surface area contributed by atoms with Crippen LogP contribution >= 0.6 is 0 Å². The lowest BCUT2D eigenvalue weighted by atomic mass is 9.87. The minimum atomic E-state index is 0.292. The molecule has 1 fully saturated rings. The van der Waals surface area contributed by atoms with Crippen LogP contribution in [0, 0.1) is 16.7 Å². The van der Waals surface area contributed by atoms with Crippen molar-refractivity contribution in [3.05, 3.63) is 35.9 Å². The molecule has 0 saturated heterocycles. The SMILES string of the molecule is CC1(C)CCCC1Nc1cc(C#N)c2ccccc2n1. The van der Waals surface area contributed by atoms with Gasteiger partial charge in [0.15, 0.2) is 0 Å². The van der Waals surface area contributed by atoms with Gasteiger partial charge in [0.1, 0.15) is 5.82 Å². The van der Waals surface area contributed by atoms with E-state index in [1.54, 1.807) is 0 Å². The molecule has 0 spiro atoms. The Morgan fingerprint density at radius 1 is 1.35 bits per heavy atom. The summed E-state index contributed by atoms with van der Waals surface area (Å²) in [5.41, 5.74) is 1.86. The van der Waals surface area contributed by atoms with Gasteiger partial charge < -0.3 is 5.32 Å². The first kappa shape index (κ1) is 12.9. The van der Waals surface area contributed by atoms with Gasteiger partial charge in [-0.25, -0.2) is 4.98 Å². The van der Waals surface area contributed by atoms with E-state index in [4.69, 9.17) is 0 Å². The molecular weight excluding hydrogens is 246 g/mol. The number of nitrogens with one attached hydrogen (secondary N) is 1. The smallest absolute Gasteiger partial charge is 0.128 e. The van der Waals surface area contributed by atoms with Gasteiger partial charge in [0, 0.05) is 11.4 Å². The zero-order valence-electron chi connectivity index (χ0n) is 12.0. The first-order valence-electron chi connectivity index (χ1n) is 7.16. The van der Waals surface area contributed by atoms with E-state index >= 15 is 0 Å². The number of anilines is 1.